The van der Waals surface area contributed by atoms with Crippen LogP contribution < -0.4 is 15.1 Å². The second-order valence-electron chi connectivity index (χ2n) is 9.89. The highest BCUT2D eigenvalue weighted by atomic mass is 19.1. The lowest BCUT2D eigenvalue weighted by molar-refractivity contribution is 0.208. The van der Waals surface area contributed by atoms with Gasteiger partial charge in [-0.05, 0) is 73.9 Å². The van der Waals surface area contributed by atoms with Crippen LogP contribution in [0.2, 0.25) is 0 Å². The summed E-state index contributed by atoms with van der Waals surface area (Å²) in [6.45, 7) is 6.30. The van der Waals surface area contributed by atoms with Crippen molar-refractivity contribution in [2.45, 2.75) is 19.8 Å². The highest BCUT2D eigenvalue weighted by Crippen LogP contribution is 2.30. The van der Waals surface area contributed by atoms with Crippen molar-refractivity contribution >= 4 is 34.5 Å². The third kappa shape index (κ3) is 4.96. The molecule has 1 N–H and O–H groups in total. The first kappa shape index (κ1) is 24.1. The zero-order chi connectivity index (χ0) is 26.1. The first-order chi connectivity index (χ1) is 18.5. The predicted octanol–water partition coefficient (Wildman–Crippen LogP) is 5.09. The summed E-state index contributed by atoms with van der Waals surface area (Å²) in [6, 6.07) is 17.9. The molecule has 2 saturated heterocycles. The van der Waals surface area contributed by atoms with Gasteiger partial charge in [0.05, 0.1) is 11.2 Å². The topological polar surface area (TPSA) is 77.5 Å². The number of piperazine rings is 1. The number of pyridine rings is 1. The number of aryl methyl sites for hydroxylation is 1. The SMILES string of the molecule is Cc1cccc(NC(=O)N2CCN(c3nc(N4CCCC4)nc4ccc(-c5ccc(F)cc5)nc34)CC2)c1. The molecule has 0 spiro atoms. The number of fused-ring (bicyclic) bond motifs is 1. The zero-order valence-corrected chi connectivity index (χ0v) is 21.4. The fraction of sp³-hybridized carbons (Fsp3) is 0.310. The molecule has 0 unspecified atom stereocenters. The predicted molar refractivity (Wildman–Crippen MR) is 148 cm³/mol. The van der Waals surface area contributed by atoms with Gasteiger partial charge in [-0.2, -0.15) is 4.98 Å². The van der Waals surface area contributed by atoms with Crippen molar-refractivity contribution in [2.24, 2.45) is 0 Å². The van der Waals surface area contributed by atoms with E-state index in [9.17, 15) is 9.18 Å². The van der Waals surface area contributed by atoms with Gasteiger partial charge in [-0.15, -0.1) is 0 Å². The summed E-state index contributed by atoms with van der Waals surface area (Å²) in [7, 11) is 0. The number of hydrogen-bond donors (Lipinski definition) is 1. The summed E-state index contributed by atoms with van der Waals surface area (Å²) in [4.78, 5) is 34.0. The normalized spacial score (nSPS) is 15.8. The smallest absolute Gasteiger partial charge is 0.321 e. The van der Waals surface area contributed by atoms with E-state index >= 15 is 0 Å². The lowest BCUT2D eigenvalue weighted by Crippen LogP contribution is -2.50. The van der Waals surface area contributed by atoms with E-state index in [0.29, 0.717) is 31.7 Å². The largest absolute Gasteiger partial charge is 0.351 e. The van der Waals surface area contributed by atoms with E-state index in [2.05, 4.69) is 15.1 Å². The highest BCUT2D eigenvalue weighted by molar-refractivity contribution is 5.91. The summed E-state index contributed by atoms with van der Waals surface area (Å²) < 4.78 is 13.5. The number of urea groups is 1. The summed E-state index contributed by atoms with van der Waals surface area (Å²) in [6.07, 6.45) is 2.26. The number of anilines is 3. The Balaban J connectivity index is 1.28. The average Bonchev–Trinajstić information content (AvgIpc) is 3.48. The van der Waals surface area contributed by atoms with Gasteiger partial charge in [0.2, 0.25) is 5.95 Å². The van der Waals surface area contributed by atoms with Gasteiger partial charge in [0.25, 0.3) is 0 Å². The Morgan fingerprint density at radius 1 is 0.842 bits per heavy atom. The molecular formula is C29H30FN7O. The number of amides is 2. The molecule has 2 aliphatic rings. The van der Waals surface area contributed by atoms with Crippen molar-refractivity contribution < 1.29 is 9.18 Å². The van der Waals surface area contributed by atoms with Gasteiger partial charge in [0.15, 0.2) is 5.82 Å². The summed E-state index contributed by atoms with van der Waals surface area (Å²) >= 11 is 0. The fourth-order valence-corrected chi connectivity index (χ4v) is 5.09. The maximum atomic E-state index is 13.5. The molecule has 2 aromatic heterocycles. The number of aromatic nitrogens is 3. The maximum Gasteiger partial charge on any atom is 0.321 e. The van der Waals surface area contributed by atoms with E-state index in [1.807, 2.05) is 48.2 Å². The molecule has 2 aliphatic heterocycles. The summed E-state index contributed by atoms with van der Waals surface area (Å²) in [5.74, 6) is 1.22. The Labute approximate surface area is 221 Å². The fourth-order valence-electron chi connectivity index (χ4n) is 5.09. The number of nitrogens with zero attached hydrogens (tertiary/aromatic N) is 6. The molecule has 0 atom stereocenters. The van der Waals surface area contributed by atoms with Gasteiger partial charge >= 0.3 is 6.03 Å². The first-order valence-corrected chi connectivity index (χ1v) is 13.1. The number of nitrogens with one attached hydrogen (secondary N) is 1. The van der Waals surface area contributed by atoms with Gasteiger partial charge in [0.1, 0.15) is 11.3 Å². The van der Waals surface area contributed by atoms with Crippen molar-refractivity contribution in [1.82, 2.24) is 19.9 Å². The molecular weight excluding hydrogens is 481 g/mol. The summed E-state index contributed by atoms with van der Waals surface area (Å²) in [5.41, 5.74) is 4.97. The van der Waals surface area contributed by atoms with Crippen molar-refractivity contribution in [2.75, 3.05) is 54.4 Å². The molecule has 0 radical (unpaired) electrons. The van der Waals surface area contributed by atoms with Crippen LogP contribution in [0, 0.1) is 12.7 Å². The number of carbonyl (C=O) groups is 1. The van der Waals surface area contributed by atoms with Crippen LogP contribution >= 0.6 is 0 Å². The quantitative estimate of drug-likeness (QED) is 0.411. The summed E-state index contributed by atoms with van der Waals surface area (Å²) in [5, 5.41) is 3.01. The second kappa shape index (κ2) is 10.2. The van der Waals surface area contributed by atoms with E-state index < -0.39 is 0 Å². The molecule has 2 fully saturated rings. The molecule has 0 bridgehead atoms. The van der Waals surface area contributed by atoms with E-state index in [-0.39, 0.29) is 11.8 Å². The molecule has 6 rings (SSSR count). The van der Waals surface area contributed by atoms with Crippen LogP contribution in [0.25, 0.3) is 22.3 Å². The third-order valence-electron chi connectivity index (χ3n) is 7.18. The molecule has 38 heavy (non-hydrogen) atoms. The Morgan fingerprint density at radius 3 is 2.34 bits per heavy atom. The van der Waals surface area contributed by atoms with Crippen LogP contribution in [0.4, 0.5) is 26.6 Å². The lowest BCUT2D eigenvalue weighted by Gasteiger charge is -2.36. The number of carbonyl (C=O) groups excluding carboxylic acids is 1. The number of rotatable bonds is 4. The molecule has 0 aliphatic carbocycles. The Kier molecular flexibility index (Phi) is 6.49. The molecule has 8 nitrogen and oxygen atoms in total. The average molecular weight is 512 g/mol. The Morgan fingerprint density at radius 2 is 1.61 bits per heavy atom. The molecule has 0 saturated carbocycles. The van der Waals surface area contributed by atoms with Crippen LogP contribution in [0.15, 0.2) is 60.7 Å². The zero-order valence-electron chi connectivity index (χ0n) is 21.4. The number of halogens is 1. The number of benzene rings is 2. The maximum absolute atomic E-state index is 13.5. The minimum absolute atomic E-state index is 0.0997. The van der Waals surface area contributed by atoms with Gasteiger partial charge in [-0.1, -0.05) is 12.1 Å². The van der Waals surface area contributed by atoms with E-state index in [1.165, 1.54) is 12.1 Å². The Bertz CT molecular complexity index is 1460. The third-order valence-corrected chi connectivity index (χ3v) is 7.18. The minimum Gasteiger partial charge on any atom is -0.351 e. The molecule has 2 aromatic carbocycles. The molecule has 4 heterocycles. The minimum atomic E-state index is -0.280. The van der Waals surface area contributed by atoms with Crippen LogP contribution in [-0.2, 0) is 0 Å². The van der Waals surface area contributed by atoms with Crippen LogP contribution in [-0.4, -0.2) is 65.2 Å². The van der Waals surface area contributed by atoms with Crippen molar-refractivity contribution in [3.05, 3.63) is 72.0 Å². The monoisotopic (exact) mass is 511 g/mol. The number of hydrogen-bond acceptors (Lipinski definition) is 6. The van der Waals surface area contributed by atoms with Gasteiger partial charge in [-0.25, -0.2) is 19.2 Å². The standard InChI is InChI=1S/C29H30FN7O/c1-20-5-4-6-23(19-20)31-29(38)37-17-15-35(16-18-37)27-26-25(33-28(34-27)36-13-2-3-14-36)12-11-24(32-26)21-7-9-22(30)10-8-21/h4-12,19H,2-3,13-18H2,1H3,(H,31,38). The van der Waals surface area contributed by atoms with Crippen molar-refractivity contribution in [1.29, 1.82) is 0 Å². The molecule has 194 valence electrons. The van der Waals surface area contributed by atoms with E-state index in [4.69, 9.17) is 15.0 Å². The lowest BCUT2D eigenvalue weighted by atomic mass is 10.1. The second-order valence-corrected chi connectivity index (χ2v) is 9.89. The highest BCUT2D eigenvalue weighted by Gasteiger charge is 2.26. The first-order valence-electron chi connectivity index (χ1n) is 13.1. The van der Waals surface area contributed by atoms with Crippen molar-refractivity contribution in [3.8, 4) is 11.3 Å². The molecule has 4 aromatic rings. The van der Waals surface area contributed by atoms with Gasteiger partial charge < -0.3 is 20.0 Å². The van der Waals surface area contributed by atoms with Gasteiger partial charge in [0, 0.05) is 50.5 Å². The van der Waals surface area contributed by atoms with E-state index in [1.54, 1.807) is 12.1 Å². The molecule has 9 heteroatoms. The van der Waals surface area contributed by atoms with Crippen LogP contribution in [0.5, 0.6) is 0 Å². The van der Waals surface area contributed by atoms with Crippen LogP contribution in [0.1, 0.15) is 18.4 Å². The van der Waals surface area contributed by atoms with Gasteiger partial charge in [-0.3, -0.25) is 0 Å². The van der Waals surface area contributed by atoms with Crippen LogP contribution in [0.3, 0.4) is 0 Å². The Hall–Kier alpha value is -4.27. The van der Waals surface area contributed by atoms with Crippen molar-refractivity contribution in [3.63, 3.8) is 0 Å². The molecule has 2 amide bonds. The van der Waals surface area contributed by atoms with E-state index in [0.717, 1.165) is 65.7 Å².